The minimum absolute atomic E-state index is 0.261. The average molecular weight is 641 g/mol. The minimum atomic E-state index is -0.261. The van der Waals surface area contributed by atoms with Crippen molar-refractivity contribution < 1.29 is 4.74 Å². The van der Waals surface area contributed by atoms with Gasteiger partial charge in [-0.15, -0.1) is 0 Å². The molecule has 3 aromatic carbocycles. The minimum Gasteiger partial charge on any atom is -0.487 e. The highest BCUT2D eigenvalue weighted by Crippen LogP contribution is 2.32. The molecule has 0 fully saturated rings. The molecule has 0 spiro atoms. The van der Waals surface area contributed by atoms with E-state index in [0.29, 0.717) is 44.1 Å². The Morgan fingerprint density at radius 1 is 1.06 bits per heavy atom. The molecule has 0 aliphatic carbocycles. The van der Waals surface area contributed by atoms with Crippen LogP contribution in [-0.4, -0.2) is 15.9 Å². The van der Waals surface area contributed by atoms with Crippen molar-refractivity contribution >= 4 is 76.5 Å². The van der Waals surface area contributed by atoms with Crippen LogP contribution in [0.15, 0.2) is 77.9 Å². The van der Waals surface area contributed by atoms with Crippen molar-refractivity contribution in [2.45, 2.75) is 13.5 Å². The highest BCUT2D eigenvalue weighted by Gasteiger charge is 2.12. The summed E-state index contributed by atoms with van der Waals surface area (Å²) in [6, 6.07) is 16.7. The lowest BCUT2D eigenvalue weighted by Gasteiger charge is -2.12. The van der Waals surface area contributed by atoms with Gasteiger partial charge in [-0.05, 0) is 70.9 Å². The number of hydrogen-bond acceptors (Lipinski definition) is 4. The Hall–Kier alpha value is -2.00. The highest BCUT2D eigenvalue weighted by molar-refractivity contribution is 9.11. The molecule has 0 saturated carbocycles. The van der Waals surface area contributed by atoms with Gasteiger partial charge in [0.05, 0.1) is 21.6 Å². The second-order valence-corrected chi connectivity index (χ2v) is 10.0. The van der Waals surface area contributed by atoms with Crippen molar-refractivity contribution in [1.29, 1.82) is 0 Å². The van der Waals surface area contributed by atoms with Crippen LogP contribution < -0.4 is 10.3 Å². The van der Waals surface area contributed by atoms with Gasteiger partial charge >= 0.3 is 0 Å². The molecular formula is C23H15Br3ClN3O2. The van der Waals surface area contributed by atoms with Gasteiger partial charge in [0.2, 0.25) is 0 Å². The number of halogens is 4. The molecule has 0 atom stereocenters. The number of hydrogen-bond donors (Lipinski definition) is 0. The van der Waals surface area contributed by atoms with E-state index in [9.17, 15) is 4.79 Å². The molecule has 0 bridgehead atoms. The summed E-state index contributed by atoms with van der Waals surface area (Å²) in [6.45, 7) is 2.10. The van der Waals surface area contributed by atoms with E-state index >= 15 is 0 Å². The maximum absolute atomic E-state index is 13.0. The quantitative estimate of drug-likeness (QED) is 0.219. The molecule has 0 aliphatic heterocycles. The molecule has 1 aromatic heterocycles. The predicted molar refractivity (Wildman–Crippen MR) is 139 cm³/mol. The first-order valence-corrected chi connectivity index (χ1v) is 12.2. The lowest BCUT2D eigenvalue weighted by Crippen LogP contribution is -2.20. The summed E-state index contributed by atoms with van der Waals surface area (Å²) in [7, 11) is 0. The summed E-state index contributed by atoms with van der Waals surface area (Å²) >= 11 is 16.6. The van der Waals surface area contributed by atoms with Gasteiger partial charge in [0, 0.05) is 19.5 Å². The van der Waals surface area contributed by atoms with E-state index in [1.807, 2.05) is 30.3 Å². The fourth-order valence-corrected chi connectivity index (χ4v) is 4.65. The first-order valence-electron chi connectivity index (χ1n) is 9.41. The standard InChI is InChI=1S/C23H15Br3ClN3O2/c1-13-29-21-7-6-17(25)9-19(21)23(31)30(13)28-11-15-8-18(27)10-20(26)22(15)32-12-14-2-4-16(24)5-3-14/h2-11H,12H2,1H3. The van der Waals surface area contributed by atoms with Gasteiger partial charge in [-0.1, -0.05) is 55.6 Å². The van der Waals surface area contributed by atoms with Crippen LogP contribution in [0.25, 0.3) is 10.9 Å². The summed E-state index contributed by atoms with van der Waals surface area (Å²) in [5.41, 5.74) is 1.99. The molecule has 1 heterocycles. The van der Waals surface area contributed by atoms with E-state index in [1.54, 1.807) is 37.4 Å². The van der Waals surface area contributed by atoms with E-state index in [0.717, 1.165) is 14.5 Å². The van der Waals surface area contributed by atoms with Gasteiger partial charge in [0.1, 0.15) is 18.2 Å². The van der Waals surface area contributed by atoms with Crippen LogP contribution in [-0.2, 0) is 6.61 Å². The fraction of sp³-hybridized carbons (Fsp3) is 0.0870. The smallest absolute Gasteiger partial charge is 0.282 e. The van der Waals surface area contributed by atoms with Crippen molar-refractivity contribution in [1.82, 2.24) is 9.66 Å². The first-order chi connectivity index (χ1) is 15.3. The maximum Gasteiger partial charge on any atom is 0.282 e. The summed E-state index contributed by atoms with van der Waals surface area (Å²) in [5.74, 6) is 1.04. The van der Waals surface area contributed by atoms with Crippen LogP contribution in [0, 0.1) is 6.92 Å². The zero-order chi connectivity index (χ0) is 22.8. The third-order valence-electron chi connectivity index (χ3n) is 4.62. The van der Waals surface area contributed by atoms with Crippen LogP contribution in [0.4, 0.5) is 0 Å². The lowest BCUT2D eigenvalue weighted by atomic mass is 10.2. The largest absolute Gasteiger partial charge is 0.487 e. The van der Waals surface area contributed by atoms with Crippen molar-refractivity contribution in [3.05, 3.63) is 100 Å². The Morgan fingerprint density at radius 2 is 1.78 bits per heavy atom. The Bertz CT molecular complexity index is 1400. The summed E-state index contributed by atoms with van der Waals surface area (Å²) in [6.07, 6.45) is 1.55. The number of rotatable bonds is 5. The Labute approximate surface area is 214 Å². The van der Waals surface area contributed by atoms with Crippen LogP contribution >= 0.6 is 59.4 Å². The predicted octanol–water partition coefficient (Wildman–Crippen LogP) is 7.11. The summed E-state index contributed by atoms with van der Waals surface area (Å²) in [5, 5.41) is 5.39. The number of aromatic nitrogens is 2. The second kappa shape index (κ2) is 9.87. The molecular weight excluding hydrogens is 625 g/mol. The zero-order valence-electron chi connectivity index (χ0n) is 16.7. The third-order valence-corrected chi connectivity index (χ3v) is 6.45. The maximum atomic E-state index is 13.0. The number of benzene rings is 3. The lowest BCUT2D eigenvalue weighted by molar-refractivity contribution is 0.304. The molecule has 0 unspecified atom stereocenters. The van der Waals surface area contributed by atoms with Crippen molar-refractivity contribution in [3.8, 4) is 5.75 Å². The highest BCUT2D eigenvalue weighted by atomic mass is 79.9. The number of nitrogens with zero attached hydrogens (tertiary/aromatic N) is 3. The Balaban J connectivity index is 1.71. The van der Waals surface area contributed by atoms with Gasteiger partial charge in [-0.3, -0.25) is 4.79 Å². The van der Waals surface area contributed by atoms with Crippen molar-refractivity contribution in [3.63, 3.8) is 0 Å². The van der Waals surface area contributed by atoms with E-state index in [1.165, 1.54) is 4.68 Å². The van der Waals surface area contributed by atoms with Crippen molar-refractivity contribution in [2.24, 2.45) is 5.10 Å². The van der Waals surface area contributed by atoms with E-state index in [-0.39, 0.29) is 5.56 Å². The monoisotopic (exact) mass is 637 g/mol. The number of ether oxygens (including phenoxy) is 1. The van der Waals surface area contributed by atoms with Crippen LogP contribution in [0.5, 0.6) is 5.75 Å². The molecule has 9 heteroatoms. The number of fused-ring (bicyclic) bond motifs is 1. The normalized spacial score (nSPS) is 11.4. The molecule has 0 aliphatic rings. The van der Waals surface area contributed by atoms with E-state index in [4.69, 9.17) is 16.3 Å². The van der Waals surface area contributed by atoms with Gasteiger partial charge < -0.3 is 4.74 Å². The van der Waals surface area contributed by atoms with Gasteiger partial charge in [-0.2, -0.15) is 9.78 Å². The van der Waals surface area contributed by atoms with E-state index < -0.39 is 0 Å². The molecule has 32 heavy (non-hydrogen) atoms. The third kappa shape index (κ3) is 5.14. The van der Waals surface area contributed by atoms with Gasteiger partial charge in [0.25, 0.3) is 5.56 Å². The molecule has 0 radical (unpaired) electrons. The second-order valence-electron chi connectivity index (χ2n) is 6.90. The molecule has 0 N–H and O–H groups in total. The zero-order valence-corrected chi connectivity index (χ0v) is 22.2. The average Bonchev–Trinajstić information content (AvgIpc) is 2.74. The van der Waals surface area contributed by atoms with Crippen LogP contribution in [0.1, 0.15) is 17.0 Å². The molecule has 162 valence electrons. The Morgan fingerprint density at radius 3 is 2.53 bits per heavy atom. The SMILES string of the molecule is Cc1nc2ccc(Br)cc2c(=O)n1N=Cc1cc(Cl)cc(Br)c1OCc1ccc(Br)cc1. The molecule has 5 nitrogen and oxygen atoms in total. The molecule has 0 saturated heterocycles. The summed E-state index contributed by atoms with van der Waals surface area (Å²) in [4.78, 5) is 17.5. The van der Waals surface area contributed by atoms with E-state index in [2.05, 4.69) is 57.9 Å². The van der Waals surface area contributed by atoms with Crippen molar-refractivity contribution in [2.75, 3.05) is 0 Å². The molecule has 4 rings (SSSR count). The van der Waals surface area contributed by atoms with Crippen LogP contribution in [0.3, 0.4) is 0 Å². The molecule has 0 amide bonds. The molecule has 4 aromatic rings. The van der Waals surface area contributed by atoms with Crippen LogP contribution in [0.2, 0.25) is 5.02 Å². The first kappa shape index (κ1) is 23.2. The van der Waals surface area contributed by atoms with Gasteiger partial charge in [-0.25, -0.2) is 4.98 Å². The fourth-order valence-electron chi connectivity index (χ4n) is 3.08. The topological polar surface area (TPSA) is 56.5 Å². The van der Waals surface area contributed by atoms with Gasteiger partial charge in [0.15, 0.2) is 0 Å². The number of aryl methyl sites for hydroxylation is 1. The Kier molecular flexibility index (Phi) is 7.14. The summed E-state index contributed by atoms with van der Waals surface area (Å²) < 4.78 is 9.81.